The zero-order valence-electron chi connectivity index (χ0n) is 21.2. The lowest BCUT2D eigenvalue weighted by molar-refractivity contribution is -0.135. The van der Waals surface area contributed by atoms with E-state index in [1.807, 2.05) is 19.9 Å². The minimum atomic E-state index is -0.415. The Morgan fingerprint density at radius 3 is 2.86 bits per heavy atom. The third kappa shape index (κ3) is 3.41. The number of amides is 1. The van der Waals surface area contributed by atoms with E-state index in [9.17, 15) is 9.59 Å². The van der Waals surface area contributed by atoms with Crippen molar-refractivity contribution in [1.29, 1.82) is 0 Å². The number of carbonyl (C=O) groups is 1. The predicted molar refractivity (Wildman–Crippen MR) is 139 cm³/mol. The lowest BCUT2D eigenvalue weighted by Crippen LogP contribution is -2.60. The summed E-state index contributed by atoms with van der Waals surface area (Å²) in [6, 6.07) is 4.70. The summed E-state index contributed by atoms with van der Waals surface area (Å²) in [5.74, 6) is 1.20. The zero-order valence-corrected chi connectivity index (χ0v) is 21.2. The third-order valence-corrected chi connectivity index (χ3v) is 9.48. The van der Waals surface area contributed by atoms with Crippen molar-refractivity contribution in [1.82, 2.24) is 9.80 Å². The molecule has 0 N–H and O–H groups in total. The lowest BCUT2D eigenvalue weighted by Gasteiger charge is -2.54. The molecule has 4 aliphatic rings. The van der Waals surface area contributed by atoms with E-state index in [2.05, 4.69) is 15.9 Å². The number of aryl methyl sites for hydroxylation is 2. The van der Waals surface area contributed by atoms with Gasteiger partial charge in [-0.25, -0.2) is 4.79 Å². The van der Waals surface area contributed by atoms with Gasteiger partial charge in [-0.15, -0.1) is 0 Å². The highest BCUT2D eigenvalue weighted by molar-refractivity contribution is 5.96. The van der Waals surface area contributed by atoms with Gasteiger partial charge in [0.2, 0.25) is 5.91 Å². The molecule has 1 aliphatic carbocycles. The summed E-state index contributed by atoms with van der Waals surface area (Å²) in [5.41, 5.74) is 4.64. The van der Waals surface area contributed by atoms with Crippen molar-refractivity contribution in [3.63, 3.8) is 0 Å². The second kappa shape index (κ2) is 8.34. The van der Waals surface area contributed by atoms with Crippen LogP contribution >= 0.6 is 0 Å². The Morgan fingerprint density at radius 1 is 1.08 bits per heavy atom. The first-order valence-electron chi connectivity index (χ1n) is 13.7. The summed E-state index contributed by atoms with van der Waals surface area (Å²) in [6.45, 7) is 7.02. The lowest BCUT2D eigenvalue weighted by atomic mass is 9.68. The van der Waals surface area contributed by atoms with Crippen molar-refractivity contribution < 1.29 is 13.6 Å². The summed E-state index contributed by atoms with van der Waals surface area (Å²) < 4.78 is 11.3. The molecule has 0 saturated carbocycles. The number of fused-ring (bicyclic) bond motifs is 8. The van der Waals surface area contributed by atoms with Gasteiger partial charge < -0.3 is 13.7 Å². The monoisotopic (exact) mass is 486 g/mol. The molecule has 3 aliphatic heterocycles. The molecule has 4 atom stereocenters. The number of carbonyl (C=O) groups excluding carboxylic acids is 1. The highest BCUT2D eigenvalue weighted by atomic mass is 16.4. The summed E-state index contributed by atoms with van der Waals surface area (Å²) in [6.07, 6.45) is 11.6. The van der Waals surface area contributed by atoms with Crippen LogP contribution < -0.4 is 5.63 Å². The standard InChI is InChI=1S/C30H34N2O4/c1-17-16-35-26-14-27-23(12-22(17)26)18(2)24(30(34)36-27)13-28(33)32-9-5-6-19-10-20-11-21(29(19)32)15-31-8-4-3-7-25(20)31/h10,12,14,16,20-21,25,29H,3-9,11,13,15H2,1-2H3/t20-,21+,25+,29+/m0/s1. The number of nitrogens with zero attached hydrogens (tertiary/aromatic N) is 2. The van der Waals surface area contributed by atoms with Gasteiger partial charge in [0.15, 0.2) is 0 Å². The number of hydrogen-bond donors (Lipinski definition) is 0. The van der Waals surface area contributed by atoms with E-state index in [-0.39, 0.29) is 18.4 Å². The molecular weight excluding hydrogens is 452 g/mol. The van der Waals surface area contributed by atoms with Crippen molar-refractivity contribution in [3.8, 4) is 0 Å². The van der Waals surface area contributed by atoms with Crippen LogP contribution in [-0.2, 0) is 11.2 Å². The molecule has 188 valence electrons. The fourth-order valence-electron chi connectivity index (χ4n) is 7.75. The van der Waals surface area contributed by atoms with Gasteiger partial charge in [-0.2, -0.15) is 0 Å². The van der Waals surface area contributed by atoms with Crippen molar-refractivity contribution in [3.05, 3.63) is 57.2 Å². The fraction of sp³-hybridized carbons (Fsp3) is 0.533. The largest absolute Gasteiger partial charge is 0.464 e. The fourth-order valence-corrected chi connectivity index (χ4v) is 7.75. The van der Waals surface area contributed by atoms with Crippen LogP contribution in [0.15, 0.2) is 43.7 Å². The van der Waals surface area contributed by atoms with Crippen molar-refractivity contribution in [2.45, 2.75) is 70.9 Å². The number of piperidine rings is 3. The second-order valence-corrected chi connectivity index (χ2v) is 11.5. The molecule has 6 heteroatoms. The van der Waals surface area contributed by atoms with Gasteiger partial charge in [0, 0.05) is 36.0 Å². The minimum Gasteiger partial charge on any atom is -0.464 e. The van der Waals surface area contributed by atoms with E-state index >= 15 is 0 Å². The Bertz CT molecular complexity index is 1460. The summed E-state index contributed by atoms with van der Waals surface area (Å²) >= 11 is 0. The van der Waals surface area contributed by atoms with Gasteiger partial charge in [-0.1, -0.05) is 18.1 Å². The molecule has 6 nitrogen and oxygen atoms in total. The normalized spacial score (nSPS) is 28.2. The van der Waals surface area contributed by atoms with Crippen LogP contribution in [0.5, 0.6) is 0 Å². The summed E-state index contributed by atoms with van der Waals surface area (Å²) in [5, 5.41) is 1.88. The topological polar surface area (TPSA) is 66.9 Å². The number of benzene rings is 1. The number of furan rings is 1. The first kappa shape index (κ1) is 22.3. The van der Waals surface area contributed by atoms with Crippen molar-refractivity contribution >= 4 is 27.8 Å². The molecule has 5 heterocycles. The maximum atomic E-state index is 13.8. The van der Waals surface area contributed by atoms with Crippen LogP contribution in [0.2, 0.25) is 0 Å². The average molecular weight is 487 g/mol. The van der Waals surface area contributed by atoms with Crippen LogP contribution in [0.25, 0.3) is 21.9 Å². The number of rotatable bonds is 2. The Balaban J connectivity index is 1.21. The maximum absolute atomic E-state index is 13.8. The molecule has 1 amide bonds. The molecule has 2 aromatic heterocycles. The second-order valence-electron chi connectivity index (χ2n) is 11.5. The van der Waals surface area contributed by atoms with E-state index < -0.39 is 5.63 Å². The first-order valence-corrected chi connectivity index (χ1v) is 13.7. The molecule has 3 saturated heterocycles. The van der Waals surface area contributed by atoms with Crippen LogP contribution in [0.1, 0.15) is 55.2 Å². The molecular formula is C30H34N2O4. The average Bonchev–Trinajstić information content (AvgIpc) is 3.24. The highest BCUT2D eigenvalue weighted by Crippen LogP contribution is 2.45. The number of hydrogen-bond acceptors (Lipinski definition) is 5. The quantitative estimate of drug-likeness (QED) is 0.372. The van der Waals surface area contributed by atoms with Crippen LogP contribution in [-0.4, -0.2) is 47.4 Å². The van der Waals surface area contributed by atoms with Crippen LogP contribution in [0.3, 0.4) is 0 Å². The van der Waals surface area contributed by atoms with Gasteiger partial charge in [0.1, 0.15) is 11.2 Å². The van der Waals surface area contributed by atoms with Crippen LogP contribution in [0.4, 0.5) is 0 Å². The Labute approximate surface area is 210 Å². The summed E-state index contributed by atoms with van der Waals surface area (Å²) in [4.78, 5) is 31.7. The molecule has 36 heavy (non-hydrogen) atoms. The molecule has 2 bridgehead atoms. The number of likely N-dealkylation sites (tertiary alicyclic amines) is 1. The summed E-state index contributed by atoms with van der Waals surface area (Å²) in [7, 11) is 0. The SMILES string of the molecule is Cc1coc2cc3oc(=O)c(CC(=O)N4CCCC5=C[C@H]6C[C@H](CN7CCCC[C@H]67)[C@@H]54)c(C)c3cc12. The van der Waals surface area contributed by atoms with Crippen molar-refractivity contribution in [2.24, 2.45) is 11.8 Å². The van der Waals surface area contributed by atoms with E-state index in [0.29, 0.717) is 34.6 Å². The minimum absolute atomic E-state index is 0.0557. The van der Waals surface area contributed by atoms with Gasteiger partial charge in [-0.3, -0.25) is 9.69 Å². The Morgan fingerprint density at radius 2 is 1.97 bits per heavy atom. The molecule has 0 unspecified atom stereocenters. The third-order valence-electron chi connectivity index (χ3n) is 9.48. The van der Waals surface area contributed by atoms with Crippen LogP contribution in [0, 0.1) is 25.7 Å². The molecule has 3 fully saturated rings. The van der Waals surface area contributed by atoms with E-state index in [0.717, 1.165) is 47.8 Å². The zero-order chi connectivity index (χ0) is 24.6. The van der Waals surface area contributed by atoms with Gasteiger partial charge in [0.05, 0.1) is 24.3 Å². The Kier molecular flexibility index (Phi) is 5.18. The first-order chi connectivity index (χ1) is 17.5. The predicted octanol–water partition coefficient (Wildman–Crippen LogP) is 5.12. The smallest absolute Gasteiger partial charge is 0.340 e. The van der Waals surface area contributed by atoms with E-state index in [1.54, 1.807) is 12.3 Å². The molecule has 1 aromatic carbocycles. The van der Waals surface area contributed by atoms with Gasteiger partial charge in [0.25, 0.3) is 0 Å². The molecule has 7 rings (SSSR count). The Hall–Kier alpha value is -2.86. The van der Waals surface area contributed by atoms with Crippen molar-refractivity contribution in [2.75, 3.05) is 19.6 Å². The van der Waals surface area contributed by atoms with E-state index in [4.69, 9.17) is 8.83 Å². The molecule has 0 radical (unpaired) electrons. The molecule has 3 aromatic rings. The highest BCUT2D eigenvalue weighted by Gasteiger charge is 2.46. The maximum Gasteiger partial charge on any atom is 0.340 e. The molecule has 0 spiro atoms. The van der Waals surface area contributed by atoms with E-state index in [1.165, 1.54) is 37.8 Å². The van der Waals surface area contributed by atoms with Gasteiger partial charge in [-0.05, 0) is 81.5 Å². The van der Waals surface area contributed by atoms with Gasteiger partial charge >= 0.3 is 5.63 Å².